The predicted molar refractivity (Wildman–Crippen MR) is 50.9 cm³/mol. The molecule has 1 aromatic rings. The zero-order valence-corrected chi connectivity index (χ0v) is 8.18. The van der Waals surface area contributed by atoms with E-state index in [2.05, 4.69) is 20.9 Å². The maximum Gasteiger partial charge on any atom is 0.150 e. The van der Waals surface area contributed by atoms with Crippen LogP contribution in [0.15, 0.2) is 21.6 Å². The van der Waals surface area contributed by atoms with Gasteiger partial charge in [0.1, 0.15) is 17.7 Å². The zero-order chi connectivity index (χ0) is 9.42. The lowest BCUT2D eigenvalue weighted by atomic mass is 10.0. The van der Waals surface area contributed by atoms with Crippen molar-refractivity contribution in [2.45, 2.75) is 12.6 Å². The minimum atomic E-state index is -1.10. The van der Waals surface area contributed by atoms with Crippen LogP contribution in [0.3, 0.4) is 0 Å². The third kappa shape index (κ3) is 1.63. The van der Waals surface area contributed by atoms with Crippen LogP contribution < -0.4 is 0 Å². The monoisotopic (exact) mass is 245 g/mol. The fourth-order valence-corrected chi connectivity index (χ4v) is 1.81. The lowest BCUT2D eigenvalue weighted by Crippen LogP contribution is -2.10. The van der Waals surface area contributed by atoms with Crippen LogP contribution in [0.4, 0.5) is 14.5 Å². The largest absolute Gasteiger partial charge is 0.255 e. The third-order valence-corrected chi connectivity index (χ3v) is 2.35. The highest BCUT2D eigenvalue weighted by Crippen LogP contribution is 2.31. The topological polar surface area (TPSA) is 12.4 Å². The molecule has 2 rings (SSSR count). The molecule has 0 amide bonds. The second-order valence-corrected chi connectivity index (χ2v) is 3.81. The molecule has 0 bridgehead atoms. The zero-order valence-electron chi connectivity index (χ0n) is 6.60. The van der Waals surface area contributed by atoms with Gasteiger partial charge in [-0.1, -0.05) is 15.9 Å². The molecule has 1 unspecified atom stereocenters. The number of nitrogens with zero attached hydrogens (tertiary/aromatic N) is 1. The molecule has 0 aromatic heterocycles. The SMILES string of the molecule is Fc1cc(Br)cc2c1N=CC(F)C2. The Kier molecular flexibility index (Phi) is 2.15. The average molecular weight is 246 g/mol. The highest BCUT2D eigenvalue weighted by Gasteiger charge is 2.17. The lowest BCUT2D eigenvalue weighted by Gasteiger charge is -2.13. The van der Waals surface area contributed by atoms with E-state index in [4.69, 9.17) is 0 Å². The summed E-state index contributed by atoms with van der Waals surface area (Å²) in [5.41, 5.74) is 0.874. The van der Waals surface area contributed by atoms with E-state index in [9.17, 15) is 8.78 Å². The number of fused-ring (bicyclic) bond motifs is 1. The summed E-state index contributed by atoms with van der Waals surface area (Å²) in [6, 6.07) is 3.02. The number of aliphatic imine (C=N–C) groups is 1. The highest BCUT2D eigenvalue weighted by molar-refractivity contribution is 9.10. The lowest BCUT2D eigenvalue weighted by molar-refractivity contribution is 0.425. The Labute approximate surface area is 82.6 Å². The maximum atomic E-state index is 13.2. The van der Waals surface area contributed by atoms with Gasteiger partial charge in [0.15, 0.2) is 0 Å². The maximum absolute atomic E-state index is 13.2. The van der Waals surface area contributed by atoms with Crippen molar-refractivity contribution in [1.29, 1.82) is 0 Å². The van der Waals surface area contributed by atoms with Crippen molar-refractivity contribution in [2.75, 3.05) is 0 Å². The van der Waals surface area contributed by atoms with E-state index in [1.807, 2.05) is 0 Å². The Hall–Kier alpha value is -0.770. The van der Waals surface area contributed by atoms with Gasteiger partial charge in [-0.25, -0.2) is 8.78 Å². The number of rotatable bonds is 0. The minimum absolute atomic E-state index is 0.204. The standard InChI is InChI=1S/C9H6BrF2N/c10-6-1-5-2-7(11)4-13-9(5)8(12)3-6/h1,3-4,7H,2H2. The van der Waals surface area contributed by atoms with Gasteiger partial charge in [0, 0.05) is 17.1 Å². The van der Waals surface area contributed by atoms with Crippen molar-refractivity contribution in [3.63, 3.8) is 0 Å². The molecule has 4 heteroatoms. The van der Waals surface area contributed by atoms with Gasteiger partial charge in [-0.05, 0) is 17.7 Å². The van der Waals surface area contributed by atoms with Crippen molar-refractivity contribution in [3.8, 4) is 0 Å². The van der Waals surface area contributed by atoms with Crippen LogP contribution in [0.2, 0.25) is 0 Å². The first-order chi connectivity index (χ1) is 6.16. The van der Waals surface area contributed by atoms with E-state index >= 15 is 0 Å². The number of halogens is 3. The number of alkyl halides is 1. The molecule has 1 aromatic carbocycles. The minimum Gasteiger partial charge on any atom is -0.255 e. The first kappa shape index (κ1) is 8.81. The summed E-state index contributed by atoms with van der Waals surface area (Å²) in [5, 5.41) is 0. The molecule has 0 saturated heterocycles. The van der Waals surface area contributed by atoms with E-state index in [-0.39, 0.29) is 12.1 Å². The van der Waals surface area contributed by atoms with Crippen molar-refractivity contribution < 1.29 is 8.78 Å². The molecular weight excluding hydrogens is 240 g/mol. The van der Waals surface area contributed by atoms with Gasteiger partial charge in [0.25, 0.3) is 0 Å². The smallest absolute Gasteiger partial charge is 0.150 e. The van der Waals surface area contributed by atoms with Crippen molar-refractivity contribution in [3.05, 3.63) is 28.0 Å². The molecule has 1 heterocycles. The van der Waals surface area contributed by atoms with Gasteiger partial charge in [-0.3, -0.25) is 4.99 Å². The number of benzene rings is 1. The molecule has 0 fully saturated rings. The van der Waals surface area contributed by atoms with Gasteiger partial charge < -0.3 is 0 Å². The van der Waals surface area contributed by atoms with Crippen LogP contribution in [0, 0.1) is 5.82 Å². The molecule has 1 atom stereocenters. The molecule has 1 aliphatic heterocycles. The summed E-state index contributed by atoms with van der Waals surface area (Å²) >= 11 is 3.15. The second-order valence-electron chi connectivity index (χ2n) is 2.89. The fourth-order valence-electron chi connectivity index (χ4n) is 1.34. The van der Waals surface area contributed by atoms with E-state index in [0.717, 1.165) is 6.21 Å². The predicted octanol–water partition coefficient (Wildman–Crippen LogP) is 3.18. The summed E-state index contributed by atoms with van der Waals surface area (Å²) in [7, 11) is 0. The summed E-state index contributed by atoms with van der Waals surface area (Å²) in [6.07, 6.45) is 0.246. The van der Waals surface area contributed by atoms with Crippen LogP contribution in [0.5, 0.6) is 0 Å². The summed E-state index contributed by atoms with van der Waals surface area (Å²) < 4.78 is 26.7. The Morgan fingerprint density at radius 1 is 1.46 bits per heavy atom. The Morgan fingerprint density at radius 3 is 3.00 bits per heavy atom. The normalized spacial score (nSPS) is 20.1. The van der Waals surface area contributed by atoms with Gasteiger partial charge >= 0.3 is 0 Å². The van der Waals surface area contributed by atoms with Crippen molar-refractivity contribution in [1.82, 2.24) is 0 Å². The third-order valence-electron chi connectivity index (χ3n) is 1.89. The van der Waals surface area contributed by atoms with Gasteiger partial charge in [0.05, 0.1) is 0 Å². The first-order valence-electron chi connectivity index (χ1n) is 3.83. The molecule has 0 spiro atoms. The van der Waals surface area contributed by atoms with Gasteiger partial charge in [-0.2, -0.15) is 0 Å². The molecular formula is C9H6BrF2N. The molecule has 0 saturated carbocycles. The summed E-state index contributed by atoms with van der Waals surface area (Å²) in [5.74, 6) is -0.410. The van der Waals surface area contributed by atoms with Crippen LogP contribution in [0.1, 0.15) is 5.56 Å². The van der Waals surface area contributed by atoms with Crippen LogP contribution >= 0.6 is 15.9 Å². The molecule has 1 nitrogen and oxygen atoms in total. The number of hydrogen-bond donors (Lipinski definition) is 0. The fraction of sp³-hybridized carbons (Fsp3) is 0.222. The summed E-state index contributed by atoms with van der Waals surface area (Å²) in [6.45, 7) is 0. The molecule has 0 N–H and O–H groups in total. The Balaban J connectivity index is 2.56. The quantitative estimate of drug-likeness (QED) is 0.666. The molecule has 0 aliphatic carbocycles. The van der Waals surface area contributed by atoms with Gasteiger partial charge in [-0.15, -0.1) is 0 Å². The van der Waals surface area contributed by atoms with Crippen LogP contribution in [-0.4, -0.2) is 12.4 Å². The first-order valence-corrected chi connectivity index (χ1v) is 4.62. The molecule has 1 aliphatic rings. The molecule has 0 radical (unpaired) electrons. The number of hydrogen-bond acceptors (Lipinski definition) is 1. The average Bonchev–Trinajstić information content (AvgIpc) is 2.02. The van der Waals surface area contributed by atoms with Crippen LogP contribution in [0.25, 0.3) is 0 Å². The van der Waals surface area contributed by atoms with E-state index < -0.39 is 12.0 Å². The Bertz CT molecular complexity index is 376. The molecule has 68 valence electrons. The van der Waals surface area contributed by atoms with E-state index in [1.165, 1.54) is 6.07 Å². The second kappa shape index (κ2) is 3.18. The molecule has 13 heavy (non-hydrogen) atoms. The van der Waals surface area contributed by atoms with Crippen molar-refractivity contribution in [2.24, 2.45) is 4.99 Å². The van der Waals surface area contributed by atoms with E-state index in [0.29, 0.717) is 10.0 Å². The van der Waals surface area contributed by atoms with E-state index in [1.54, 1.807) is 6.07 Å². The summed E-state index contributed by atoms with van der Waals surface area (Å²) in [4.78, 5) is 3.72. The Morgan fingerprint density at radius 2 is 2.23 bits per heavy atom. The van der Waals surface area contributed by atoms with Crippen molar-refractivity contribution >= 4 is 27.8 Å². The van der Waals surface area contributed by atoms with Crippen LogP contribution in [-0.2, 0) is 6.42 Å². The van der Waals surface area contributed by atoms with Gasteiger partial charge in [0.2, 0.25) is 0 Å². The highest BCUT2D eigenvalue weighted by atomic mass is 79.9.